The SMILES string of the molecule is Cc1ccc(C2CC3CCC(C2c2cc(C)no2)N3C)cc1.Cl. The van der Waals surface area contributed by atoms with Gasteiger partial charge in [0.15, 0.2) is 0 Å². The van der Waals surface area contributed by atoms with E-state index in [0.29, 0.717) is 17.9 Å². The van der Waals surface area contributed by atoms with Gasteiger partial charge in [-0.1, -0.05) is 35.0 Å². The lowest BCUT2D eigenvalue weighted by Crippen LogP contribution is -2.44. The lowest BCUT2D eigenvalue weighted by molar-refractivity contribution is 0.122. The maximum absolute atomic E-state index is 5.70. The molecular weight excluding hydrogens is 308 g/mol. The van der Waals surface area contributed by atoms with Crippen LogP contribution in [0.1, 0.15) is 53.7 Å². The average molecular weight is 333 g/mol. The fourth-order valence-corrected chi connectivity index (χ4v) is 4.55. The first-order valence-corrected chi connectivity index (χ1v) is 8.35. The van der Waals surface area contributed by atoms with Crippen LogP contribution >= 0.6 is 12.4 Å². The van der Waals surface area contributed by atoms with Crippen molar-refractivity contribution in [3.8, 4) is 0 Å². The quantitative estimate of drug-likeness (QED) is 0.813. The molecule has 4 heteroatoms. The summed E-state index contributed by atoms with van der Waals surface area (Å²) in [7, 11) is 2.28. The van der Waals surface area contributed by atoms with Crippen molar-refractivity contribution in [1.29, 1.82) is 0 Å². The van der Waals surface area contributed by atoms with E-state index in [1.54, 1.807) is 0 Å². The largest absolute Gasteiger partial charge is 0.361 e. The molecule has 0 radical (unpaired) electrons. The van der Waals surface area contributed by atoms with Gasteiger partial charge in [0, 0.05) is 24.1 Å². The molecule has 2 aliphatic rings. The molecule has 3 nitrogen and oxygen atoms in total. The number of hydrogen-bond acceptors (Lipinski definition) is 3. The highest BCUT2D eigenvalue weighted by Gasteiger charge is 2.47. The van der Waals surface area contributed by atoms with E-state index in [1.165, 1.54) is 30.4 Å². The molecule has 4 atom stereocenters. The van der Waals surface area contributed by atoms with Crippen molar-refractivity contribution in [3.05, 3.63) is 52.9 Å². The smallest absolute Gasteiger partial charge is 0.142 e. The van der Waals surface area contributed by atoms with Crippen LogP contribution < -0.4 is 0 Å². The number of hydrogen-bond donors (Lipinski definition) is 0. The Morgan fingerprint density at radius 1 is 1.13 bits per heavy atom. The van der Waals surface area contributed by atoms with Crippen molar-refractivity contribution in [2.45, 2.75) is 57.0 Å². The van der Waals surface area contributed by atoms with Gasteiger partial charge in [-0.05, 0) is 51.6 Å². The second-order valence-corrected chi connectivity index (χ2v) is 7.11. The van der Waals surface area contributed by atoms with E-state index < -0.39 is 0 Å². The third-order valence-corrected chi connectivity index (χ3v) is 5.75. The zero-order chi connectivity index (χ0) is 15.3. The van der Waals surface area contributed by atoms with Crippen LogP contribution in [0.5, 0.6) is 0 Å². The molecule has 3 heterocycles. The van der Waals surface area contributed by atoms with E-state index in [0.717, 1.165) is 17.5 Å². The molecule has 4 rings (SSSR count). The Morgan fingerprint density at radius 2 is 1.87 bits per heavy atom. The van der Waals surface area contributed by atoms with Crippen molar-refractivity contribution < 1.29 is 4.52 Å². The van der Waals surface area contributed by atoms with Gasteiger partial charge in [0.1, 0.15) is 5.76 Å². The maximum Gasteiger partial charge on any atom is 0.142 e. The van der Waals surface area contributed by atoms with Gasteiger partial charge in [-0.2, -0.15) is 0 Å². The summed E-state index contributed by atoms with van der Waals surface area (Å²) >= 11 is 0. The second-order valence-electron chi connectivity index (χ2n) is 7.11. The summed E-state index contributed by atoms with van der Waals surface area (Å²) in [4.78, 5) is 2.58. The van der Waals surface area contributed by atoms with E-state index in [1.807, 2.05) is 6.92 Å². The molecule has 0 saturated carbocycles. The third kappa shape index (κ3) is 2.81. The Labute approximate surface area is 144 Å². The molecule has 2 bridgehead atoms. The van der Waals surface area contributed by atoms with Crippen LogP contribution in [0.3, 0.4) is 0 Å². The van der Waals surface area contributed by atoms with Gasteiger partial charge in [-0.15, -0.1) is 12.4 Å². The summed E-state index contributed by atoms with van der Waals surface area (Å²) in [6.07, 6.45) is 3.81. The van der Waals surface area contributed by atoms with Crippen molar-refractivity contribution >= 4 is 12.4 Å². The number of benzene rings is 1. The summed E-state index contributed by atoms with van der Waals surface area (Å²) in [6.45, 7) is 4.16. The van der Waals surface area contributed by atoms with E-state index >= 15 is 0 Å². The number of halogens is 1. The first kappa shape index (κ1) is 16.5. The summed E-state index contributed by atoms with van der Waals surface area (Å²) in [5, 5.41) is 4.15. The fourth-order valence-electron chi connectivity index (χ4n) is 4.55. The Balaban J connectivity index is 0.00000156. The molecule has 1 aromatic heterocycles. The summed E-state index contributed by atoms with van der Waals surface area (Å²) < 4.78 is 5.70. The van der Waals surface area contributed by atoms with Crippen molar-refractivity contribution in [2.75, 3.05) is 7.05 Å². The Kier molecular flexibility index (Phi) is 4.52. The monoisotopic (exact) mass is 332 g/mol. The number of aryl methyl sites for hydroxylation is 2. The molecule has 0 amide bonds. The Morgan fingerprint density at radius 3 is 2.52 bits per heavy atom. The van der Waals surface area contributed by atoms with Crippen LogP contribution in [0, 0.1) is 13.8 Å². The highest BCUT2D eigenvalue weighted by atomic mass is 35.5. The first-order chi connectivity index (χ1) is 10.6. The minimum atomic E-state index is 0. The van der Waals surface area contributed by atoms with Gasteiger partial charge in [0.2, 0.25) is 0 Å². The van der Waals surface area contributed by atoms with E-state index in [9.17, 15) is 0 Å². The zero-order valence-electron chi connectivity index (χ0n) is 14.0. The van der Waals surface area contributed by atoms with Crippen LogP contribution in [0.4, 0.5) is 0 Å². The number of aromatic nitrogens is 1. The lowest BCUT2D eigenvalue weighted by atomic mass is 9.75. The summed E-state index contributed by atoms with van der Waals surface area (Å²) in [5.41, 5.74) is 3.77. The first-order valence-electron chi connectivity index (χ1n) is 8.35. The van der Waals surface area contributed by atoms with Crippen LogP contribution in [0.2, 0.25) is 0 Å². The van der Waals surface area contributed by atoms with Gasteiger partial charge in [0.25, 0.3) is 0 Å². The van der Waals surface area contributed by atoms with E-state index in [2.05, 4.69) is 54.4 Å². The van der Waals surface area contributed by atoms with Crippen LogP contribution in [0.15, 0.2) is 34.9 Å². The van der Waals surface area contributed by atoms with Gasteiger partial charge < -0.3 is 4.52 Å². The van der Waals surface area contributed by atoms with Gasteiger partial charge in [-0.25, -0.2) is 0 Å². The van der Waals surface area contributed by atoms with Gasteiger partial charge >= 0.3 is 0 Å². The number of nitrogens with zero attached hydrogens (tertiary/aromatic N) is 2. The molecule has 0 spiro atoms. The standard InChI is InChI=1S/C19H24N2O.ClH/c1-12-4-6-14(7-5-12)16-11-15-8-9-17(21(15)3)19(16)18-10-13(2)20-22-18;/h4-7,10,15-17,19H,8-9,11H2,1-3H3;1H. The van der Waals surface area contributed by atoms with E-state index in [-0.39, 0.29) is 12.4 Å². The molecule has 4 unspecified atom stereocenters. The summed E-state index contributed by atoms with van der Waals surface area (Å²) in [5.74, 6) is 2.04. The molecule has 1 aromatic carbocycles. The van der Waals surface area contributed by atoms with Crippen LogP contribution in [-0.2, 0) is 0 Å². The molecular formula is C19H25ClN2O. The lowest BCUT2D eigenvalue weighted by Gasteiger charge is -2.42. The summed E-state index contributed by atoms with van der Waals surface area (Å²) in [6, 6.07) is 12.5. The Bertz CT molecular complexity index is 666. The molecule has 2 aliphatic heterocycles. The van der Waals surface area contributed by atoms with Gasteiger partial charge in [-0.3, -0.25) is 4.90 Å². The highest BCUT2D eigenvalue weighted by Crippen LogP contribution is 2.50. The second kappa shape index (κ2) is 6.29. The Hall–Kier alpha value is -1.32. The molecule has 124 valence electrons. The third-order valence-electron chi connectivity index (χ3n) is 5.75. The number of likely N-dealkylation sites (N-methyl/N-ethyl adjacent to an activating group) is 1. The topological polar surface area (TPSA) is 29.3 Å². The van der Waals surface area contributed by atoms with Crippen molar-refractivity contribution in [3.63, 3.8) is 0 Å². The number of piperidine rings is 1. The van der Waals surface area contributed by atoms with Crippen molar-refractivity contribution in [2.24, 2.45) is 0 Å². The molecule has 0 N–H and O–H groups in total. The molecule has 23 heavy (non-hydrogen) atoms. The maximum atomic E-state index is 5.70. The van der Waals surface area contributed by atoms with Crippen LogP contribution in [0.25, 0.3) is 0 Å². The average Bonchev–Trinajstić information content (AvgIpc) is 3.02. The minimum absolute atomic E-state index is 0. The van der Waals surface area contributed by atoms with Gasteiger partial charge in [0.05, 0.1) is 5.69 Å². The minimum Gasteiger partial charge on any atom is -0.361 e. The molecule has 2 aromatic rings. The van der Waals surface area contributed by atoms with E-state index in [4.69, 9.17) is 4.52 Å². The molecule has 0 aliphatic carbocycles. The highest BCUT2D eigenvalue weighted by molar-refractivity contribution is 5.85. The van der Waals surface area contributed by atoms with Crippen LogP contribution in [-0.4, -0.2) is 29.2 Å². The zero-order valence-corrected chi connectivity index (χ0v) is 14.8. The fraction of sp³-hybridized carbons (Fsp3) is 0.526. The van der Waals surface area contributed by atoms with Crippen molar-refractivity contribution in [1.82, 2.24) is 10.1 Å². The normalized spacial score (nSPS) is 30.2. The predicted molar refractivity (Wildman–Crippen MR) is 94.3 cm³/mol. The predicted octanol–water partition coefficient (Wildman–Crippen LogP) is 4.45. The molecule has 2 fully saturated rings. The molecule has 2 saturated heterocycles. The number of fused-ring (bicyclic) bond motifs is 2. The number of rotatable bonds is 2.